The van der Waals surface area contributed by atoms with Gasteiger partial charge in [-0.05, 0) is 26.7 Å². The lowest BCUT2D eigenvalue weighted by Crippen LogP contribution is -2.45. The summed E-state index contributed by atoms with van der Waals surface area (Å²) in [6.45, 7) is 9.78. The highest BCUT2D eigenvalue weighted by Gasteiger charge is 2.29. The number of hydrogen-bond donors (Lipinski definition) is 0. The number of nitrogens with zero attached hydrogens (tertiary/aromatic N) is 5. The maximum atomic E-state index is 5.38. The zero-order valence-corrected chi connectivity index (χ0v) is 13.8. The average molecular weight is 317 g/mol. The molecule has 1 aliphatic heterocycles. The second kappa shape index (κ2) is 6.05. The molecule has 0 spiro atoms. The first kappa shape index (κ1) is 14.8. The molecular weight excluding hydrogens is 294 g/mol. The predicted octanol–water partition coefficient (Wildman–Crippen LogP) is 1.87. The van der Waals surface area contributed by atoms with Gasteiger partial charge in [0.25, 0.3) is 0 Å². The highest BCUT2D eigenvalue weighted by molar-refractivity contribution is 5.20. The normalized spacial score (nSPS) is 20.3. The molecule has 7 nitrogen and oxygen atoms in total. The van der Waals surface area contributed by atoms with Crippen molar-refractivity contribution in [3.63, 3.8) is 0 Å². The maximum Gasteiger partial charge on any atom is 0.240 e. The van der Waals surface area contributed by atoms with Gasteiger partial charge in [0, 0.05) is 44.2 Å². The van der Waals surface area contributed by atoms with Gasteiger partial charge in [0.05, 0.1) is 12.2 Å². The van der Waals surface area contributed by atoms with Crippen LogP contribution in [0.4, 0.5) is 0 Å². The van der Waals surface area contributed by atoms with Crippen molar-refractivity contribution in [2.75, 3.05) is 26.2 Å². The largest absolute Gasteiger partial charge is 0.361 e. The molecule has 2 aliphatic rings. The second-order valence-electron chi connectivity index (χ2n) is 6.68. The van der Waals surface area contributed by atoms with Crippen molar-refractivity contribution in [2.45, 2.75) is 45.7 Å². The molecule has 0 radical (unpaired) electrons. The van der Waals surface area contributed by atoms with Crippen LogP contribution < -0.4 is 0 Å². The summed E-state index contributed by atoms with van der Waals surface area (Å²) in [4.78, 5) is 9.35. The molecule has 1 saturated heterocycles. The van der Waals surface area contributed by atoms with E-state index in [0.29, 0.717) is 5.92 Å². The molecule has 0 atom stereocenters. The van der Waals surface area contributed by atoms with Crippen LogP contribution in [0, 0.1) is 13.8 Å². The fourth-order valence-corrected chi connectivity index (χ4v) is 3.09. The lowest BCUT2D eigenvalue weighted by atomic mass is 10.2. The van der Waals surface area contributed by atoms with Crippen molar-refractivity contribution in [3.8, 4) is 0 Å². The lowest BCUT2D eigenvalue weighted by molar-refractivity contribution is 0.111. The van der Waals surface area contributed by atoms with E-state index >= 15 is 0 Å². The second-order valence-corrected chi connectivity index (χ2v) is 6.68. The third kappa shape index (κ3) is 3.30. The Kier molecular flexibility index (Phi) is 3.90. The van der Waals surface area contributed by atoms with Crippen molar-refractivity contribution >= 4 is 0 Å². The fourth-order valence-electron chi connectivity index (χ4n) is 3.09. The fraction of sp³-hybridized carbons (Fsp3) is 0.688. The molecule has 2 fully saturated rings. The third-order valence-electron chi connectivity index (χ3n) is 4.81. The van der Waals surface area contributed by atoms with Crippen LogP contribution in [-0.4, -0.2) is 51.3 Å². The first-order valence-electron chi connectivity index (χ1n) is 8.38. The molecule has 7 heteroatoms. The predicted molar refractivity (Wildman–Crippen MR) is 82.8 cm³/mol. The molecule has 3 heterocycles. The Hall–Kier alpha value is -1.73. The van der Waals surface area contributed by atoms with E-state index in [-0.39, 0.29) is 0 Å². The van der Waals surface area contributed by atoms with Crippen molar-refractivity contribution < 1.29 is 9.05 Å². The molecule has 4 rings (SSSR count). The Morgan fingerprint density at radius 1 is 0.957 bits per heavy atom. The minimum absolute atomic E-state index is 0.555. The van der Waals surface area contributed by atoms with Gasteiger partial charge in [0.2, 0.25) is 5.89 Å². The number of aryl methyl sites for hydroxylation is 2. The summed E-state index contributed by atoms with van der Waals surface area (Å²) in [6.07, 6.45) is 2.42. The molecule has 23 heavy (non-hydrogen) atoms. The van der Waals surface area contributed by atoms with Gasteiger partial charge in [-0.15, -0.1) is 0 Å². The third-order valence-corrected chi connectivity index (χ3v) is 4.81. The molecule has 0 N–H and O–H groups in total. The van der Waals surface area contributed by atoms with E-state index in [1.54, 1.807) is 0 Å². The number of hydrogen-bond acceptors (Lipinski definition) is 7. The summed E-state index contributed by atoms with van der Waals surface area (Å²) in [5, 5.41) is 8.12. The first-order valence-corrected chi connectivity index (χ1v) is 8.38. The van der Waals surface area contributed by atoms with E-state index in [4.69, 9.17) is 9.05 Å². The molecule has 1 saturated carbocycles. The Bertz CT molecular complexity index is 648. The summed E-state index contributed by atoms with van der Waals surface area (Å²) in [5.41, 5.74) is 2.23. The summed E-state index contributed by atoms with van der Waals surface area (Å²) >= 11 is 0. The van der Waals surface area contributed by atoms with Crippen LogP contribution >= 0.6 is 0 Å². The highest BCUT2D eigenvalue weighted by atomic mass is 16.5. The van der Waals surface area contributed by atoms with Crippen LogP contribution in [0.2, 0.25) is 0 Å². The summed E-state index contributed by atoms with van der Waals surface area (Å²) < 4.78 is 10.6. The molecule has 0 bridgehead atoms. The molecule has 2 aromatic heterocycles. The number of aromatic nitrogens is 3. The van der Waals surface area contributed by atoms with Crippen LogP contribution in [0.15, 0.2) is 9.05 Å². The molecule has 124 valence electrons. The molecule has 1 aliphatic carbocycles. The van der Waals surface area contributed by atoms with Gasteiger partial charge >= 0.3 is 0 Å². The Labute approximate surface area is 135 Å². The average Bonchev–Trinajstić information content (AvgIpc) is 3.23. The van der Waals surface area contributed by atoms with Gasteiger partial charge in [0.15, 0.2) is 5.82 Å². The van der Waals surface area contributed by atoms with Crippen LogP contribution in [0.3, 0.4) is 0 Å². The summed E-state index contributed by atoms with van der Waals surface area (Å²) in [6, 6.07) is 0. The Balaban J connectivity index is 1.28. The van der Waals surface area contributed by atoms with Gasteiger partial charge in [0.1, 0.15) is 5.76 Å². The smallest absolute Gasteiger partial charge is 0.240 e. The minimum Gasteiger partial charge on any atom is -0.361 e. The SMILES string of the molecule is Cc1noc(C)c1CN1CCN(Cc2nc(C3CC3)no2)CC1. The Morgan fingerprint density at radius 3 is 2.26 bits per heavy atom. The van der Waals surface area contributed by atoms with Crippen molar-refractivity contribution in [1.82, 2.24) is 25.1 Å². The number of piperazine rings is 1. The van der Waals surface area contributed by atoms with Gasteiger partial charge in [-0.1, -0.05) is 10.3 Å². The molecule has 0 aromatic carbocycles. The van der Waals surface area contributed by atoms with Crippen LogP contribution in [0.5, 0.6) is 0 Å². The van der Waals surface area contributed by atoms with Gasteiger partial charge in [-0.3, -0.25) is 9.80 Å². The molecule has 0 amide bonds. The quantitative estimate of drug-likeness (QED) is 0.833. The Morgan fingerprint density at radius 2 is 1.65 bits per heavy atom. The lowest BCUT2D eigenvalue weighted by Gasteiger charge is -2.33. The molecule has 0 unspecified atom stereocenters. The van der Waals surface area contributed by atoms with Gasteiger partial charge < -0.3 is 9.05 Å². The monoisotopic (exact) mass is 317 g/mol. The topological polar surface area (TPSA) is 71.4 Å². The molecule has 2 aromatic rings. The van der Waals surface area contributed by atoms with E-state index in [1.165, 1.54) is 18.4 Å². The molecular formula is C16H23N5O2. The highest BCUT2D eigenvalue weighted by Crippen LogP contribution is 2.38. The van der Waals surface area contributed by atoms with Crippen LogP contribution in [0.25, 0.3) is 0 Å². The van der Waals surface area contributed by atoms with Gasteiger partial charge in [-0.2, -0.15) is 4.98 Å². The summed E-state index contributed by atoms with van der Waals surface area (Å²) in [7, 11) is 0. The van der Waals surface area contributed by atoms with Crippen molar-refractivity contribution in [3.05, 3.63) is 28.7 Å². The minimum atomic E-state index is 0.555. The zero-order chi connectivity index (χ0) is 15.8. The van der Waals surface area contributed by atoms with E-state index in [2.05, 4.69) is 25.1 Å². The van der Waals surface area contributed by atoms with Crippen molar-refractivity contribution in [1.29, 1.82) is 0 Å². The summed E-state index contributed by atoms with van der Waals surface area (Å²) in [5.74, 6) is 3.14. The van der Waals surface area contributed by atoms with Crippen LogP contribution in [0.1, 0.15) is 47.5 Å². The van der Waals surface area contributed by atoms with E-state index < -0.39 is 0 Å². The zero-order valence-electron chi connectivity index (χ0n) is 13.8. The van der Waals surface area contributed by atoms with Gasteiger partial charge in [-0.25, -0.2) is 0 Å². The van der Waals surface area contributed by atoms with E-state index in [9.17, 15) is 0 Å². The maximum absolute atomic E-state index is 5.38. The van der Waals surface area contributed by atoms with Crippen molar-refractivity contribution in [2.24, 2.45) is 0 Å². The first-order chi connectivity index (χ1) is 11.2. The van der Waals surface area contributed by atoms with E-state index in [0.717, 1.165) is 62.4 Å². The van der Waals surface area contributed by atoms with E-state index in [1.807, 2.05) is 13.8 Å². The van der Waals surface area contributed by atoms with Crippen LogP contribution in [-0.2, 0) is 13.1 Å². The standard InChI is InChI=1S/C16H23N5O2/c1-11-14(12(2)22-18-11)9-20-5-7-21(8-6-20)10-15-17-16(19-23-15)13-3-4-13/h13H,3-10H2,1-2H3. The number of rotatable bonds is 5.